The van der Waals surface area contributed by atoms with Gasteiger partial charge in [-0.3, -0.25) is 0 Å². The quantitative estimate of drug-likeness (QED) is 0.705. The lowest BCUT2D eigenvalue weighted by molar-refractivity contribution is 0.791. The summed E-state index contributed by atoms with van der Waals surface area (Å²) in [6, 6.07) is 7.96. The van der Waals surface area contributed by atoms with E-state index in [1.165, 1.54) is 0 Å². The summed E-state index contributed by atoms with van der Waals surface area (Å²) in [6.07, 6.45) is 1.74. The van der Waals surface area contributed by atoms with Crippen LogP contribution < -0.4 is 5.73 Å². The van der Waals surface area contributed by atoms with Gasteiger partial charge in [0, 0.05) is 10.8 Å². The van der Waals surface area contributed by atoms with Crippen molar-refractivity contribution >= 4 is 16.5 Å². The van der Waals surface area contributed by atoms with Gasteiger partial charge in [0.05, 0.1) is 23.3 Å². The van der Waals surface area contributed by atoms with Crippen molar-refractivity contribution in [2.75, 3.05) is 5.73 Å². The first-order valence-corrected chi connectivity index (χ1v) is 5.71. The third-order valence-corrected chi connectivity index (χ3v) is 3.10. The first-order chi connectivity index (χ1) is 8.68. The zero-order valence-electron chi connectivity index (χ0n) is 10.3. The fraction of sp³-hybridized carbons (Fsp3) is 0.154. The van der Waals surface area contributed by atoms with Crippen LogP contribution >= 0.6 is 0 Å². The topological polar surface area (TPSA) is 69.6 Å². The smallest absolute Gasteiger partial charge is 0.183 e. The fourth-order valence-electron chi connectivity index (χ4n) is 2.03. The number of aromatic nitrogens is 4. The third-order valence-electron chi connectivity index (χ3n) is 3.10. The Morgan fingerprint density at radius 3 is 2.67 bits per heavy atom. The number of benzene rings is 1. The summed E-state index contributed by atoms with van der Waals surface area (Å²) in [5, 5.41) is 14.7. The van der Waals surface area contributed by atoms with Gasteiger partial charge >= 0.3 is 0 Å². The minimum atomic E-state index is 0.699. The molecule has 0 spiro atoms. The van der Waals surface area contributed by atoms with Crippen LogP contribution in [0.4, 0.5) is 5.69 Å². The summed E-state index contributed by atoms with van der Waals surface area (Å²) < 4.78 is 1.75. The molecule has 0 aliphatic heterocycles. The highest BCUT2D eigenvalue weighted by Gasteiger charge is 2.13. The first kappa shape index (κ1) is 10.7. The molecular weight excluding hydrogens is 226 g/mol. The van der Waals surface area contributed by atoms with E-state index in [-0.39, 0.29) is 0 Å². The van der Waals surface area contributed by atoms with Gasteiger partial charge in [-0.05, 0) is 13.8 Å². The van der Waals surface area contributed by atoms with Crippen LogP contribution in [0.1, 0.15) is 11.4 Å². The predicted octanol–water partition coefficient (Wildman–Crippen LogP) is 2.01. The minimum absolute atomic E-state index is 0.699. The molecule has 3 rings (SSSR count). The van der Waals surface area contributed by atoms with Crippen LogP contribution in [0, 0.1) is 13.8 Å². The summed E-state index contributed by atoms with van der Waals surface area (Å²) in [4.78, 5) is 0. The summed E-state index contributed by atoms with van der Waals surface area (Å²) in [6.45, 7) is 3.82. The number of fused-ring (bicyclic) bond motifs is 1. The van der Waals surface area contributed by atoms with E-state index in [2.05, 4.69) is 15.3 Å². The lowest BCUT2D eigenvalue weighted by atomic mass is 10.2. The van der Waals surface area contributed by atoms with Crippen LogP contribution in [0.15, 0.2) is 30.5 Å². The van der Waals surface area contributed by atoms with E-state index < -0.39 is 0 Å². The normalized spacial score (nSPS) is 11.0. The molecule has 0 radical (unpaired) electrons. The number of nitrogens with two attached hydrogens (primary N) is 1. The molecule has 0 atom stereocenters. The van der Waals surface area contributed by atoms with Crippen molar-refractivity contribution in [3.8, 4) is 5.82 Å². The Balaban J connectivity index is 2.35. The van der Waals surface area contributed by atoms with Crippen LogP contribution in [0.5, 0.6) is 0 Å². The number of hydrogen-bond acceptors (Lipinski definition) is 4. The molecule has 0 bridgehead atoms. The average Bonchev–Trinajstić information content (AvgIpc) is 2.66. The molecule has 0 aliphatic rings. The van der Waals surface area contributed by atoms with E-state index in [4.69, 9.17) is 5.73 Å². The van der Waals surface area contributed by atoms with Crippen molar-refractivity contribution in [1.82, 2.24) is 20.0 Å². The van der Waals surface area contributed by atoms with Crippen LogP contribution in [0.3, 0.4) is 0 Å². The molecule has 2 aromatic heterocycles. The maximum atomic E-state index is 5.95. The van der Waals surface area contributed by atoms with Gasteiger partial charge in [0.1, 0.15) is 0 Å². The molecule has 3 aromatic rings. The fourth-order valence-corrected chi connectivity index (χ4v) is 2.03. The second-order valence-corrected chi connectivity index (χ2v) is 4.25. The van der Waals surface area contributed by atoms with E-state index in [9.17, 15) is 0 Å². The second kappa shape index (κ2) is 3.80. The summed E-state index contributed by atoms with van der Waals surface area (Å²) >= 11 is 0. The van der Waals surface area contributed by atoms with Gasteiger partial charge in [0.2, 0.25) is 0 Å². The monoisotopic (exact) mass is 239 g/mol. The lowest BCUT2D eigenvalue weighted by Crippen LogP contribution is -2.04. The molecule has 5 heteroatoms. The van der Waals surface area contributed by atoms with E-state index in [1.807, 2.05) is 38.1 Å². The molecule has 5 nitrogen and oxygen atoms in total. The van der Waals surface area contributed by atoms with Crippen LogP contribution in [-0.4, -0.2) is 20.0 Å². The molecule has 2 N–H and O–H groups in total. The number of hydrogen-bond donors (Lipinski definition) is 1. The number of anilines is 1. The average molecular weight is 239 g/mol. The number of rotatable bonds is 1. The van der Waals surface area contributed by atoms with Gasteiger partial charge < -0.3 is 5.73 Å². The SMILES string of the molecule is Cc1nn(-c2nncc3ccccc23)c(C)c1N. The van der Waals surface area contributed by atoms with Crippen molar-refractivity contribution in [1.29, 1.82) is 0 Å². The van der Waals surface area contributed by atoms with E-state index in [1.54, 1.807) is 10.9 Å². The zero-order valence-corrected chi connectivity index (χ0v) is 10.3. The summed E-state index contributed by atoms with van der Waals surface area (Å²) in [5.74, 6) is 0.713. The molecule has 0 saturated heterocycles. The maximum absolute atomic E-state index is 5.95. The molecule has 18 heavy (non-hydrogen) atoms. The van der Waals surface area contributed by atoms with Gasteiger partial charge in [0.15, 0.2) is 5.82 Å². The van der Waals surface area contributed by atoms with Crippen molar-refractivity contribution < 1.29 is 0 Å². The highest BCUT2D eigenvalue weighted by Crippen LogP contribution is 2.23. The molecule has 0 amide bonds. The highest BCUT2D eigenvalue weighted by atomic mass is 15.4. The molecule has 90 valence electrons. The third kappa shape index (κ3) is 1.44. The summed E-state index contributed by atoms with van der Waals surface area (Å²) in [7, 11) is 0. The van der Waals surface area contributed by atoms with Crippen molar-refractivity contribution in [2.24, 2.45) is 0 Å². The van der Waals surface area contributed by atoms with Gasteiger partial charge in [0.25, 0.3) is 0 Å². The van der Waals surface area contributed by atoms with E-state index >= 15 is 0 Å². The van der Waals surface area contributed by atoms with Crippen molar-refractivity contribution in [3.63, 3.8) is 0 Å². The van der Waals surface area contributed by atoms with Crippen LogP contribution in [0.25, 0.3) is 16.6 Å². The van der Waals surface area contributed by atoms with Gasteiger partial charge in [-0.15, -0.1) is 5.10 Å². The molecule has 0 saturated carbocycles. The molecule has 1 aromatic carbocycles. The Bertz CT molecular complexity index is 724. The Morgan fingerprint density at radius 1 is 1.17 bits per heavy atom. The maximum Gasteiger partial charge on any atom is 0.183 e. The van der Waals surface area contributed by atoms with Gasteiger partial charge in [-0.25, -0.2) is 4.68 Å². The standard InChI is InChI=1S/C13H13N5/c1-8-12(14)9(2)18(17-8)13-11-6-4-3-5-10(11)7-15-16-13/h3-7H,14H2,1-2H3. The molecule has 0 unspecified atom stereocenters. The second-order valence-electron chi connectivity index (χ2n) is 4.25. The predicted molar refractivity (Wildman–Crippen MR) is 70.5 cm³/mol. The highest BCUT2D eigenvalue weighted by molar-refractivity contribution is 5.87. The van der Waals surface area contributed by atoms with Crippen LogP contribution in [0.2, 0.25) is 0 Å². The Morgan fingerprint density at radius 2 is 1.94 bits per heavy atom. The number of nitrogens with zero attached hydrogens (tertiary/aromatic N) is 4. The van der Waals surface area contributed by atoms with Crippen molar-refractivity contribution in [2.45, 2.75) is 13.8 Å². The lowest BCUT2D eigenvalue weighted by Gasteiger charge is -2.06. The molecule has 2 heterocycles. The summed E-state index contributed by atoms with van der Waals surface area (Å²) in [5.41, 5.74) is 8.35. The Hall–Kier alpha value is -2.43. The van der Waals surface area contributed by atoms with E-state index in [0.717, 1.165) is 22.2 Å². The van der Waals surface area contributed by atoms with Gasteiger partial charge in [-0.2, -0.15) is 10.2 Å². The zero-order chi connectivity index (χ0) is 12.7. The van der Waals surface area contributed by atoms with Crippen molar-refractivity contribution in [3.05, 3.63) is 41.9 Å². The molecule has 0 fully saturated rings. The number of nitrogen functional groups attached to an aromatic ring is 1. The molecule has 0 aliphatic carbocycles. The Labute approximate surface area is 104 Å². The van der Waals surface area contributed by atoms with Gasteiger partial charge in [-0.1, -0.05) is 24.3 Å². The van der Waals surface area contributed by atoms with E-state index in [0.29, 0.717) is 11.5 Å². The Kier molecular flexibility index (Phi) is 2.26. The largest absolute Gasteiger partial charge is 0.396 e. The van der Waals surface area contributed by atoms with Crippen LogP contribution in [-0.2, 0) is 0 Å². The number of aryl methyl sites for hydroxylation is 1. The minimum Gasteiger partial charge on any atom is -0.396 e. The molecular formula is C13H13N5. The first-order valence-electron chi connectivity index (χ1n) is 5.71.